The Balaban J connectivity index is 1.43. The summed E-state index contributed by atoms with van der Waals surface area (Å²) in [6, 6.07) is 9.83. The number of carbonyl (C=O) groups is 1. The van der Waals surface area contributed by atoms with E-state index in [1.54, 1.807) is 0 Å². The molecule has 1 fully saturated rings. The summed E-state index contributed by atoms with van der Waals surface area (Å²) in [5.74, 6) is 1.40. The zero-order chi connectivity index (χ0) is 20.6. The second kappa shape index (κ2) is 10.5. The van der Waals surface area contributed by atoms with Crippen molar-refractivity contribution in [2.75, 3.05) is 26.2 Å². The predicted octanol–water partition coefficient (Wildman–Crippen LogP) is 3.44. The molecule has 1 saturated heterocycles. The molecule has 3 rings (SSSR count). The number of benzene rings is 1. The molecular weight excluding hydrogens is 368 g/mol. The van der Waals surface area contributed by atoms with Crippen LogP contribution in [0.3, 0.4) is 0 Å². The predicted molar refractivity (Wildman–Crippen MR) is 111 cm³/mol. The van der Waals surface area contributed by atoms with Crippen LogP contribution in [0, 0.1) is 5.92 Å². The molecule has 0 radical (unpaired) electrons. The fourth-order valence-electron chi connectivity index (χ4n) is 3.55. The molecule has 0 spiro atoms. The van der Waals surface area contributed by atoms with Gasteiger partial charge in [-0.3, -0.25) is 9.69 Å². The van der Waals surface area contributed by atoms with Crippen molar-refractivity contribution < 1.29 is 13.9 Å². The summed E-state index contributed by atoms with van der Waals surface area (Å²) in [4.78, 5) is 14.7. The summed E-state index contributed by atoms with van der Waals surface area (Å²) in [6.45, 7) is 9.17. The van der Waals surface area contributed by atoms with Crippen LogP contribution in [-0.2, 0) is 9.53 Å². The van der Waals surface area contributed by atoms with Crippen molar-refractivity contribution >= 4 is 5.91 Å². The number of hydrogen-bond acceptors (Lipinski definition) is 6. The molecule has 1 N–H and O–H groups in total. The number of rotatable bonds is 9. The van der Waals surface area contributed by atoms with Crippen LogP contribution in [0.4, 0.5) is 0 Å². The first-order valence-electron chi connectivity index (χ1n) is 10.6. The lowest BCUT2D eigenvalue weighted by atomic mass is 9.95. The van der Waals surface area contributed by atoms with E-state index in [0.29, 0.717) is 24.9 Å². The van der Waals surface area contributed by atoms with Gasteiger partial charge in [0.25, 0.3) is 0 Å². The molecule has 1 aromatic heterocycles. The summed E-state index contributed by atoms with van der Waals surface area (Å²) in [5, 5.41) is 11.5. The maximum Gasteiger partial charge on any atom is 0.247 e. The number of nitrogens with zero attached hydrogens (tertiary/aromatic N) is 3. The van der Waals surface area contributed by atoms with Crippen LogP contribution in [0.25, 0.3) is 11.5 Å². The summed E-state index contributed by atoms with van der Waals surface area (Å²) in [7, 11) is 0. The van der Waals surface area contributed by atoms with Gasteiger partial charge in [0.05, 0.1) is 12.1 Å². The average molecular weight is 401 g/mol. The van der Waals surface area contributed by atoms with Crippen LogP contribution in [0.5, 0.6) is 0 Å². The second-order valence-electron chi connectivity index (χ2n) is 7.86. The first kappa shape index (κ1) is 21.5. The Bertz CT molecular complexity index is 754. The normalized spacial score (nSPS) is 16.8. The molecule has 0 bridgehead atoms. The Hall–Kier alpha value is -2.25. The summed E-state index contributed by atoms with van der Waals surface area (Å²) >= 11 is 0. The smallest absolute Gasteiger partial charge is 0.247 e. The molecular formula is C22H32N4O3. The van der Waals surface area contributed by atoms with Crippen molar-refractivity contribution in [1.82, 2.24) is 20.4 Å². The molecule has 2 aromatic rings. The van der Waals surface area contributed by atoms with Gasteiger partial charge in [0, 0.05) is 24.6 Å². The first-order chi connectivity index (χ1) is 14.0. The highest BCUT2D eigenvalue weighted by Crippen LogP contribution is 2.28. The third-order valence-corrected chi connectivity index (χ3v) is 5.34. The van der Waals surface area contributed by atoms with Gasteiger partial charge in [-0.05, 0) is 65.3 Å². The molecule has 1 aliphatic heterocycles. The lowest BCUT2D eigenvalue weighted by Crippen LogP contribution is -2.41. The number of ether oxygens (including phenoxy) is 1. The highest BCUT2D eigenvalue weighted by Gasteiger charge is 2.29. The van der Waals surface area contributed by atoms with Crippen LogP contribution in [0.1, 0.15) is 52.0 Å². The molecule has 158 valence electrons. The zero-order valence-corrected chi connectivity index (χ0v) is 17.6. The second-order valence-corrected chi connectivity index (χ2v) is 7.86. The quantitative estimate of drug-likeness (QED) is 0.650. The summed E-state index contributed by atoms with van der Waals surface area (Å²) in [6.07, 6.45) is 2.77. The Morgan fingerprint density at radius 1 is 1.21 bits per heavy atom. The Morgan fingerprint density at radius 3 is 2.62 bits per heavy atom. The maximum atomic E-state index is 12.4. The minimum absolute atomic E-state index is 0.0390. The van der Waals surface area contributed by atoms with E-state index in [4.69, 9.17) is 9.15 Å². The van der Waals surface area contributed by atoms with Crippen molar-refractivity contribution in [3.8, 4) is 11.5 Å². The standard InChI is InChI=1S/C22H32N4O3/c1-16(2)28-15-7-12-23-20(27)18-10-13-26(14-11-18)17(3)21-24-25-22(29-21)19-8-5-4-6-9-19/h4-6,8-9,16-18H,7,10-15H2,1-3H3,(H,23,27). The van der Waals surface area contributed by atoms with Crippen molar-refractivity contribution in [3.05, 3.63) is 36.2 Å². The number of likely N-dealkylation sites (tertiary alicyclic amines) is 1. The van der Waals surface area contributed by atoms with E-state index in [1.807, 2.05) is 44.2 Å². The lowest BCUT2D eigenvalue weighted by molar-refractivity contribution is -0.126. The van der Waals surface area contributed by atoms with Crippen LogP contribution in [-0.4, -0.2) is 53.3 Å². The number of aromatic nitrogens is 2. The van der Waals surface area contributed by atoms with Gasteiger partial charge in [-0.1, -0.05) is 18.2 Å². The monoisotopic (exact) mass is 400 g/mol. The SMILES string of the molecule is CC(C)OCCCNC(=O)C1CCN(C(C)c2nnc(-c3ccccc3)o2)CC1. The molecule has 1 amide bonds. The van der Waals surface area contributed by atoms with E-state index in [-0.39, 0.29) is 24.0 Å². The summed E-state index contributed by atoms with van der Waals surface area (Å²) < 4.78 is 11.4. The molecule has 1 atom stereocenters. The molecule has 1 unspecified atom stereocenters. The average Bonchev–Trinajstić information content (AvgIpc) is 3.23. The van der Waals surface area contributed by atoms with E-state index >= 15 is 0 Å². The highest BCUT2D eigenvalue weighted by molar-refractivity contribution is 5.78. The minimum atomic E-state index is 0.0390. The van der Waals surface area contributed by atoms with Crippen molar-refractivity contribution in [3.63, 3.8) is 0 Å². The first-order valence-corrected chi connectivity index (χ1v) is 10.6. The molecule has 0 saturated carbocycles. The molecule has 1 aliphatic rings. The van der Waals surface area contributed by atoms with E-state index in [2.05, 4.69) is 27.3 Å². The third kappa shape index (κ3) is 6.11. The fraction of sp³-hybridized carbons (Fsp3) is 0.591. The lowest BCUT2D eigenvalue weighted by Gasteiger charge is -2.34. The fourth-order valence-corrected chi connectivity index (χ4v) is 3.55. The number of amides is 1. The van der Waals surface area contributed by atoms with Gasteiger partial charge in [0.15, 0.2) is 0 Å². The van der Waals surface area contributed by atoms with Gasteiger partial charge in [-0.15, -0.1) is 10.2 Å². The van der Waals surface area contributed by atoms with Gasteiger partial charge in [-0.25, -0.2) is 0 Å². The van der Waals surface area contributed by atoms with Crippen molar-refractivity contribution in [2.24, 2.45) is 5.92 Å². The molecule has 7 nitrogen and oxygen atoms in total. The maximum absolute atomic E-state index is 12.4. The summed E-state index contributed by atoms with van der Waals surface area (Å²) in [5.41, 5.74) is 0.924. The number of hydrogen-bond donors (Lipinski definition) is 1. The van der Waals surface area contributed by atoms with Crippen LogP contribution < -0.4 is 5.32 Å². The molecule has 1 aromatic carbocycles. The molecule has 2 heterocycles. The van der Waals surface area contributed by atoms with Crippen molar-refractivity contribution in [2.45, 2.75) is 52.2 Å². The number of nitrogens with one attached hydrogen (secondary N) is 1. The molecule has 7 heteroatoms. The van der Waals surface area contributed by atoms with E-state index < -0.39 is 0 Å². The van der Waals surface area contributed by atoms with Gasteiger partial charge >= 0.3 is 0 Å². The van der Waals surface area contributed by atoms with E-state index in [1.165, 1.54) is 0 Å². The Kier molecular flexibility index (Phi) is 7.77. The molecule has 0 aliphatic carbocycles. The van der Waals surface area contributed by atoms with Gasteiger partial charge < -0.3 is 14.5 Å². The van der Waals surface area contributed by atoms with E-state index in [9.17, 15) is 4.79 Å². The van der Waals surface area contributed by atoms with Gasteiger partial charge in [-0.2, -0.15) is 0 Å². The van der Waals surface area contributed by atoms with Crippen LogP contribution >= 0.6 is 0 Å². The zero-order valence-electron chi connectivity index (χ0n) is 17.6. The number of carbonyl (C=O) groups excluding carboxylic acids is 1. The highest BCUT2D eigenvalue weighted by atomic mass is 16.5. The largest absolute Gasteiger partial charge is 0.419 e. The van der Waals surface area contributed by atoms with Crippen LogP contribution in [0.2, 0.25) is 0 Å². The van der Waals surface area contributed by atoms with Crippen LogP contribution in [0.15, 0.2) is 34.7 Å². The third-order valence-electron chi connectivity index (χ3n) is 5.34. The van der Waals surface area contributed by atoms with E-state index in [0.717, 1.165) is 37.9 Å². The Morgan fingerprint density at radius 2 is 1.93 bits per heavy atom. The minimum Gasteiger partial charge on any atom is -0.419 e. The number of piperidine rings is 1. The molecule has 29 heavy (non-hydrogen) atoms. The van der Waals surface area contributed by atoms with Gasteiger partial charge in [0.2, 0.25) is 17.7 Å². The topological polar surface area (TPSA) is 80.5 Å². The Labute approximate surface area is 172 Å². The van der Waals surface area contributed by atoms with Gasteiger partial charge in [0.1, 0.15) is 0 Å². The van der Waals surface area contributed by atoms with Crippen molar-refractivity contribution in [1.29, 1.82) is 0 Å².